The van der Waals surface area contributed by atoms with Gasteiger partial charge in [0, 0.05) is 19.8 Å². The Morgan fingerprint density at radius 3 is 1.54 bits per heavy atom. The molecule has 4 heteroatoms. The molecule has 0 saturated heterocycles. The van der Waals surface area contributed by atoms with E-state index in [2.05, 4.69) is 38.1 Å². The van der Waals surface area contributed by atoms with Crippen LogP contribution in [0.15, 0.2) is 24.3 Å². The quantitative estimate of drug-likeness (QED) is 0.0883. The number of hydrogen-bond acceptors (Lipinski definition) is 4. The van der Waals surface area contributed by atoms with E-state index in [1.54, 1.807) is 0 Å². The van der Waals surface area contributed by atoms with E-state index in [4.69, 9.17) is 18.9 Å². The SMILES string of the molecule is [CH2+][CH-]CCCCCc1ccc(OCCCCCCOC2CCC(OCCCCOC3CCC(C4CCC(C)CC4)CC3)CC2)cc1. The fraction of sp³-hybridized carbons (Fsp3) is 0.810. The monoisotopic (exact) mass is 639 g/mol. The van der Waals surface area contributed by atoms with Gasteiger partial charge in [-0.05, 0) is 145 Å². The highest BCUT2D eigenvalue weighted by Crippen LogP contribution is 2.40. The highest BCUT2D eigenvalue weighted by molar-refractivity contribution is 5.27. The molecule has 0 aromatic heterocycles. The minimum Gasteiger partial charge on any atom is -0.494 e. The Kier molecular flexibility index (Phi) is 18.9. The maximum Gasteiger partial charge on any atom is 0.119 e. The maximum absolute atomic E-state index is 6.28. The minimum absolute atomic E-state index is 0.433. The highest BCUT2D eigenvalue weighted by atomic mass is 16.5. The predicted molar refractivity (Wildman–Crippen MR) is 192 cm³/mol. The maximum atomic E-state index is 6.28. The molecule has 0 atom stereocenters. The van der Waals surface area contributed by atoms with Crippen molar-refractivity contribution in [1.82, 2.24) is 0 Å². The van der Waals surface area contributed by atoms with E-state index in [9.17, 15) is 0 Å². The van der Waals surface area contributed by atoms with E-state index >= 15 is 0 Å². The number of hydrogen-bond donors (Lipinski definition) is 0. The Hall–Kier alpha value is -1.23. The molecule has 0 heterocycles. The summed E-state index contributed by atoms with van der Waals surface area (Å²) in [4.78, 5) is 0. The molecule has 4 nitrogen and oxygen atoms in total. The second-order valence-electron chi connectivity index (χ2n) is 15.1. The first-order valence-electron chi connectivity index (χ1n) is 19.9. The van der Waals surface area contributed by atoms with Crippen LogP contribution in [0.5, 0.6) is 5.75 Å². The summed E-state index contributed by atoms with van der Waals surface area (Å²) in [5.74, 6) is 3.97. The Balaban J connectivity index is 0.886. The summed E-state index contributed by atoms with van der Waals surface area (Å²) in [6.07, 6.45) is 32.3. The second kappa shape index (κ2) is 23.2. The first kappa shape index (κ1) is 37.6. The van der Waals surface area contributed by atoms with E-state index < -0.39 is 0 Å². The van der Waals surface area contributed by atoms with Gasteiger partial charge in [-0.25, -0.2) is 0 Å². The second-order valence-corrected chi connectivity index (χ2v) is 15.1. The van der Waals surface area contributed by atoms with Crippen LogP contribution >= 0.6 is 0 Å². The molecule has 3 saturated carbocycles. The molecule has 4 rings (SSSR count). The first-order valence-corrected chi connectivity index (χ1v) is 19.9. The summed E-state index contributed by atoms with van der Waals surface area (Å²) >= 11 is 0. The van der Waals surface area contributed by atoms with Crippen molar-refractivity contribution in [3.8, 4) is 5.75 Å². The lowest BCUT2D eigenvalue weighted by Gasteiger charge is -2.37. The number of rotatable bonds is 23. The van der Waals surface area contributed by atoms with Gasteiger partial charge in [0.2, 0.25) is 0 Å². The van der Waals surface area contributed by atoms with E-state index in [-0.39, 0.29) is 0 Å². The van der Waals surface area contributed by atoms with Gasteiger partial charge < -0.3 is 18.9 Å². The third-order valence-electron chi connectivity index (χ3n) is 11.3. The molecule has 0 aliphatic heterocycles. The van der Waals surface area contributed by atoms with E-state index in [1.165, 1.54) is 89.0 Å². The molecule has 0 N–H and O–H groups in total. The molecule has 0 radical (unpaired) electrons. The van der Waals surface area contributed by atoms with Crippen molar-refractivity contribution in [3.63, 3.8) is 0 Å². The topological polar surface area (TPSA) is 36.9 Å². The molecule has 0 spiro atoms. The zero-order valence-corrected chi connectivity index (χ0v) is 29.8. The lowest BCUT2D eigenvalue weighted by atomic mass is 9.71. The van der Waals surface area contributed by atoms with Gasteiger partial charge in [0.1, 0.15) is 5.75 Å². The molecule has 262 valence electrons. The van der Waals surface area contributed by atoms with Crippen molar-refractivity contribution < 1.29 is 18.9 Å². The van der Waals surface area contributed by atoms with Crippen LogP contribution in [0.2, 0.25) is 0 Å². The molecular weight excluding hydrogens is 568 g/mol. The Morgan fingerprint density at radius 1 is 0.543 bits per heavy atom. The molecule has 3 aliphatic rings. The number of benzene rings is 1. The molecule has 1 aromatic carbocycles. The minimum atomic E-state index is 0.433. The lowest BCUT2D eigenvalue weighted by Crippen LogP contribution is -2.28. The summed E-state index contributed by atoms with van der Waals surface area (Å²) in [5.41, 5.74) is 1.41. The first-order chi connectivity index (χ1) is 22.7. The molecule has 0 unspecified atom stereocenters. The molecule has 1 aromatic rings. The number of unbranched alkanes of at least 4 members (excludes halogenated alkanes) is 8. The molecule has 3 aliphatic carbocycles. The van der Waals surface area contributed by atoms with Crippen LogP contribution in [0, 0.1) is 31.1 Å². The smallest absolute Gasteiger partial charge is 0.119 e. The summed E-state index contributed by atoms with van der Waals surface area (Å²) in [5, 5.41) is 0. The van der Waals surface area contributed by atoms with Gasteiger partial charge in [-0.2, -0.15) is 0 Å². The van der Waals surface area contributed by atoms with Crippen molar-refractivity contribution in [2.45, 2.75) is 173 Å². The van der Waals surface area contributed by atoms with Gasteiger partial charge >= 0.3 is 0 Å². The summed E-state index contributed by atoms with van der Waals surface area (Å²) in [7, 11) is 0. The van der Waals surface area contributed by atoms with Crippen molar-refractivity contribution in [3.05, 3.63) is 43.2 Å². The van der Waals surface area contributed by atoms with Crippen LogP contribution in [0.4, 0.5) is 0 Å². The van der Waals surface area contributed by atoms with Crippen LogP contribution in [0.3, 0.4) is 0 Å². The highest BCUT2D eigenvalue weighted by Gasteiger charge is 2.30. The zero-order valence-electron chi connectivity index (χ0n) is 29.8. The molecule has 0 bridgehead atoms. The van der Waals surface area contributed by atoms with Crippen molar-refractivity contribution >= 4 is 0 Å². The summed E-state index contributed by atoms with van der Waals surface area (Å²) in [6.45, 7) is 9.74. The van der Waals surface area contributed by atoms with Crippen LogP contribution in [0.25, 0.3) is 0 Å². The van der Waals surface area contributed by atoms with Crippen LogP contribution in [-0.4, -0.2) is 44.7 Å². The van der Waals surface area contributed by atoms with E-state index in [0.29, 0.717) is 18.3 Å². The number of ether oxygens (including phenoxy) is 4. The fourth-order valence-corrected chi connectivity index (χ4v) is 8.10. The summed E-state index contributed by atoms with van der Waals surface area (Å²) in [6, 6.07) is 8.70. The normalized spacial score (nSPS) is 27.1. The van der Waals surface area contributed by atoms with Gasteiger partial charge in [-0.1, -0.05) is 58.1 Å². The van der Waals surface area contributed by atoms with Crippen LogP contribution in [0.1, 0.15) is 154 Å². The predicted octanol–water partition coefficient (Wildman–Crippen LogP) is 11.3. The Labute approximate surface area is 284 Å². The van der Waals surface area contributed by atoms with Crippen LogP contribution in [-0.2, 0) is 20.6 Å². The van der Waals surface area contributed by atoms with Gasteiger partial charge in [0.05, 0.1) is 24.9 Å². The van der Waals surface area contributed by atoms with Crippen molar-refractivity contribution in [2.75, 3.05) is 26.4 Å². The largest absolute Gasteiger partial charge is 0.494 e. The standard InChI is InChI=1S/C42H70O4/c1-3-4-5-6-9-14-36-17-23-39(24-18-36)43-31-10-7-8-11-32-44-41-27-29-42(30-28-41)46-34-13-12-33-45-40-25-21-38(22-26-40)37-19-15-35(2)16-20-37/h3,17-18,23-24,35,37-38,40-42H,1,4-16,19-22,25-34H2,2H3. The van der Waals surface area contributed by atoms with Gasteiger partial charge in [-0.3, -0.25) is 0 Å². The Bertz CT molecular complexity index is 847. The number of aryl methyl sites for hydroxylation is 1. The molecular formula is C42H70O4. The third-order valence-corrected chi connectivity index (χ3v) is 11.3. The van der Waals surface area contributed by atoms with Crippen molar-refractivity contribution in [1.29, 1.82) is 0 Å². The van der Waals surface area contributed by atoms with Gasteiger partial charge in [-0.15, -0.1) is 12.8 Å². The lowest BCUT2D eigenvalue weighted by molar-refractivity contribution is -0.0355. The van der Waals surface area contributed by atoms with Gasteiger partial charge in [0.25, 0.3) is 0 Å². The molecule has 3 fully saturated rings. The van der Waals surface area contributed by atoms with E-state index in [1.807, 2.05) is 6.42 Å². The fourth-order valence-electron chi connectivity index (χ4n) is 8.10. The van der Waals surface area contributed by atoms with Crippen LogP contribution < -0.4 is 4.74 Å². The van der Waals surface area contributed by atoms with Gasteiger partial charge in [0.15, 0.2) is 0 Å². The van der Waals surface area contributed by atoms with E-state index in [0.717, 1.165) is 114 Å². The molecule has 46 heavy (non-hydrogen) atoms. The average molecular weight is 639 g/mol. The average Bonchev–Trinajstić information content (AvgIpc) is 3.09. The summed E-state index contributed by atoms with van der Waals surface area (Å²) < 4.78 is 24.7. The molecule has 0 amide bonds. The zero-order chi connectivity index (χ0) is 32.1. The Morgan fingerprint density at radius 2 is 1.00 bits per heavy atom. The van der Waals surface area contributed by atoms with Crippen molar-refractivity contribution in [2.24, 2.45) is 17.8 Å². The third kappa shape index (κ3) is 15.3.